The van der Waals surface area contributed by atoms with Gasteiger partial charge in [0, 0.05) is 5.41 Å². The van der Waals surface area contributed by atoms with E-state index < -0.39 is 15.9 Å². The van der Waals surface area contributed by atoms with Gasteiger partial charge >= 0.3 is 0 Å². The van der Waals surface area contributed by atoms with E-state index in [2.05, 4.69) is 20.4 Å². The van der Waals surface area contributed by atoms with Crippen molar-refractivity contribution in [2.24, 2.45) is 16.7 Å². The summed E-state index contributed by atoms with van der Waals surface area (Å²) in [7, 11) is -3.46. The van der Waals surface area contributed by atoms with E-state index in [0.717, 1.165) is 29.6 Å². The summed E-state index contributed by atoms with van der Waals surface area (Å²) in [5.74, 6) is 0.214. The van der Waals surface area contributed by atoms with Gasteiger partial charge in [0.05, 0.1) is 11.8 Å². The van der Waals surface area contributed by atoms with E-state index in [1.165, 1.54) is 0 Å². The molecule has 2 saturated carbocycles. The normalized spacial score (nSPS) is 42.9. The maximum absolute atomic E-state index is 12.3. The number of carbonyl (C=O) groups is 1. The topological polar surface area (TPSA) is 54.5 Å². The zero-order chi connectivity index (χ0) is 13.3. The van der Waals surface area contributed by atoms with Gasteiger partial charge in [0.25, 0.3) is 5.91 Å². The van der Waals surface area contributed by atoms with Crippen LogP contribution in [0, 0.1) is 16.7 Å². The Morgan fingerprint density at radius 1 is 1.44 bits per heavy atom. The molecule has 2 bridgehead atoms. The summed E-state index contributed by atoms with van der Waals surface area (Å²) in [6, 6.07) is -0.137. The van der Waals surface area contributed by atoms with Crippen LogP contribution in [0.3, 0.4) is 0 Å². The molecule has 100 valence electrons. The Kier molecular flexibility index (Phi) is 2.16. The summed E-state index contributed by atoms with van der Waals surface area (Å²) in [6.45, 7) is 7.76. The predicted molar refractivity (Wildman–Crippen MR) is 68.2 cm³/mol. The van der Waals surface area contributed by atoms with Gasteiger partial charge in [0.1, 0.15) is 0 Å². The first-order chi connectivity index (χ1) is 8.26. The molecule has 2 aliphatic carbocycles. The summed E-state index contributed by atoms with van der Waals surface area (Å²) in [5, 5.41) is 0. The third-order valence-electron chi connectivity index (χ3n) is 5.80. The number of sulfonamides is 1. The van der Waals surface area contributed by atoms with E-state index in [1.807, 2.05) is 0 Å². The van der Waals surface area contributed by atoms with Gasteiger partial charge in [-0.2, -0.15) is 0 Å². The van der Waals surface area contributed by atoms with Crippen LogP contribution in [0.2, 0.25) is 0 Å². The molecule has 1 aliphatic heterocycles. The van der Waals surface area contributed by atoms with Crippen LogP contribution in [0.15, 0.2) is 12.7 Å². The first-order valence-corrected chi connectivity index (χ1v) is 8.06. The Hall–Kier alpha value is -0.840. The second-order valence-corrected chi connectivity index (χ2v) is 8.31. The quantitative estimate of drug-likeness (QED) is 0.678. The van der Waals surface area contributed by atoms with Gasteiger partial charge in [0.2, 0.25) is 10.0 Å². The van der Waals surface area contributed by atoms with Crippen molar-refractivity contribution < 1.29 is 13.2 Å². The lowest BCUT2D eigenvalue weighted by atomic mass is 9.69. The molecule has 1 saturated heterocycles. The predicted octanol–water partition coefficient (Wildman–Crippen LogP) is 1.54. The number of hydrogen-bond donors (Lipinski definition) is 0. The van der Waals surface area contributed by atoms with Crippen LogP contribution in [0.1, 0.15) is 33.1 Å². The third-order valence-corrected chi connectivity index (χ3v) is 7.72. The van der Waals surface area contributed by atoms with Gasteiger partial charge < -0.3 is 0 Å². The van der Waals surface area contributed by atoms with Gasteiger partial charge in [-0.05, 0) is 36.7 Å². The number of hydrogen-bond acceptors (Lipinski definition) is 3. The molecule has 1 spiro atoms. The molecule has 3 atom stereocenters. The van der Waals surface area contributed by atoms with Gasteiger partial charge in [-0.3, -0.25) is 4.79 Å². The summed E-state index contributed by atoms with van der Waals surface area (Å²) in [6.07, 6.45) is 3.96. The Morgan fingerprint density at radius 3 is 2.67 bits per heavy atom. The van der Waals surface area contributed by atoms with Crippen LogP contribution in [-0.4, -0.2) is 30.4 Å². The second-order valence-electron chi connectivity index (χ2n) is 6.46. The lowest BCUT2D eigenvalue weighted by Gasteiger charge is -2.36. The van der Waals surface area contributed by atoms with Crippen molar-refractivity contribution in [3.8, 4) is 0 Å². The first kappa shape index (κ1) is 12.2. The van der Waals surface area contributed by atoms with Crippen molar-refractivity contribution in [1.29, 1.82) is 0 Å². The fourth-order valence-corrected chi connectivity index (χ4v) is 7.19. The van der Waals surface area contributed by atoms with Gasteiger partial charge in [-0.1, -0.05) is 20.4 Å². The number of nitrogens with zero attached hydrogens (tertiary/aromatic N) is 1. The van der Waals surface area contributed by atoms with Crippen molar-refractivity contribution in [3.63, 3.8) is 0 Å². The summed E-state index contributed by atoms with van der Waals surface area (Å²) in [5.41, 5.74) is -0.212. The molecule has 18 heavy (non-hydrogen) atoms. The highest BCUT2D eigenvalue weighted by atomic mass is 32.2. The number of amides is 1. The van der Waals surface area contributed by atoms with Crippen LogP contribution in [0.4, 0.5) is 0 Å². The fraction of sp³-hybridized carbons (Fsp3) is 0.769. The molecule has 0 radical (unpaired) electrons. The lowest BCUT2D eigenvalue weighted by Crippen LogP contribution is -2.43. The van der Waals surface area contributed by atoms with Crippen LogP contribution in [0.25, 0.3) is 0 Å². The maximum atomic E-state index is 12.3. The monoisotopic (exact) mass is 269 g/mol. The molecule has 0 aromatic carbocycles. The van der Waals surface area contributed by atoms with Gasteiger partial charge in [-0.25, -0.2) is 12.7 Å². The number of rotatable bonds is 1. The molecular weight excluding hydrogens is 250 g/mol. The standard InChI is InChI=1S/C13H19NO3S/c1-4-11(15)14-10-7-9-5-6-13(10,12(9,2)3)8-18(14,16)17/h4,9-10H,1,5-8H2,2-3H3/t9-,10-,13?/m0/s1. The van der Waals surface area contributed by atoms with E-state index >= 15 is 0 Å². The minimum atomic E-state index is -3.46. The SMILES string of the molecule is C=CC(=O)N1[C@H]2C[C@@H]3CCC2(CS1(=O)=O)C3(C)C. The van der Waals surface area contributed by atoms with Crippen LogP contribution in [-0.2, 0) is 14.8 Å². The zero-order valence-electron chi connectivity index (χ0n) is 10.8. The molecule has 3 fully saturated rings. The zero-order valence-corrected chi connectivity index (χ0v) is 11.7. The van der Waals surface area contributed by atoms with Crippen molar-refractivity contribution >= 4 is 15.9 Å². The highest BCUT2D eigenvalue weighted by Crippen LogP contribution is 2.69. The molecule has 3 rings (SSSR count). The lowest BCUT2D eigenvalue weighted by molar-refractivity contribution is -0.124. The van der Waals surface area contributed by atoms with Crippen LogP contribution >= 0.6 is 0 Å². The van der Waals surface area contributed by atoms with Crippen molar-refractivity contribution in [1.82, 2.24) is 4.31 Å². The van der Waals surface area contributed by atoms with E-state index in [1.54, 1.807) is 0 Å². The van der Waals surface area contributed by atoms with Crippen molar-refractivity contribution in [2.75, 3.05) is 5.75 Å². The molecule has 4 nitrogen and oxygen atoms in total. The second kappa shape index (κ2) is 3.18. The summed E-state index contributed by atoms with van der Waals surface area (Å²) < 4.78 is 25.7. The molecule has 1 heterocycles. The minimum Gasteiger partial charge on any atom is -0.269 e. The molecule has 0 aromatic rings. The van der Waals surface area contributed by atoms with Gasteiger partial charge in [0.15, 0.2) is 0 Å². The van der Waals surface area contributed by atoms with Crippen molar-refractivity contribution in [3.05, 3.63) is 12.7 Å². The van der Waals surface area contributed by atoms with E-state index in [9.17, 15) is 13.2 Å². The van der Waals surface area contributed by atoms with Crippen molar-refractivity contribution in [2.45, 2.75) is 39.2 Å². The van der Waals surface area contributed by atoms with Crippen LogP contribution in [0.5, 0.6) is 0 Å². The summed E-state index contributed by atoms with van der Waals surface area (Å²) >= 11 is 0. The molecule has 1 amide bonds. The summed E-state index contributed by atoms with van der Waals surface area (Å²) in [4.78, 5) is 11.9. The molecular formula is C13H19NO3S. The average Bonchev–Trinajstić information content (AvgIpc) is 2.74. The Balaban J connectivity index is 2.14. The minimum absolute atomic E-state index is 0.0148. The molecule has 1 unspecified atom stereocenters. The van der Waals surface area contributed by atoms with Gasteiger partial charge in [-0.15, -0.1) is 0 Å². The Bertz CT molecular complexity index is 536. The molecule has 0 aromatic heterocycles. The fourth-order valence-electron chi connectivity index (χ4n) is 4.67. The first-order valence-electron chi connectivity index (χ1n) is 6.45. The largest absolute Gasteiger partial charge is 0.269 e. The Labute approximate surface area is 108 Å². The van der Waals surface area contributed by atoms with Crippen LogP contribution < -0.4 is 0 Å². The molecule has 5 heteroatoms. The number of fused-ring (bicyclic) bond motifs is 1. The number of carbonyl (C=O) groups excluding carboxylic acids is 1. The van der Waals surface area contributed by atoms with E-state index in [0.29, 0.717) is 5.92 Å². The highest BCUT2D eigenvalue weighted by molar-refractivity contribution is 7.90. The molecule has 0 N–H and O–H groups in total. The Morgan fingerprint density at radius 2 is 2.11 bits per heavy atom. The highest BCUT2D eigenvalue weighted by Gasteiger charge is 2.72. The average molecular weight is 269 g/mol. The smallest absolute Gasteiger partial charge is 0.259 e. The van der Waals surface area contributed by atoms with E-state index in [-0.39, 0.29) is 22.6 Å². The van der Waals surface area contributed by atoms with E-state index in [4.69, 9.17) is 0 Å². The molecule has 3 aliphatic rings. The third kappa shape index (κ3) is 1.12. The maximum Gasteiger partial charge on any atom is 0.259 e.